The Morgan fingerprint density at radius 1 is 1.44 bits per heavy atom. The third-order valence-electron chi connectivity index (χ3n) is 2.38. The van der Waals surface area contributed by atoms with Crippen molar-refractivity contribution in [3.63, 3.8) is 0 Å². The molecule has 2 rings (SSSR count). The first-order valence-corrected chi connectivity index (χ1v) is 5.24. The van der Waals surface area contributed by atoms with Crippen LogP contribution in [-0.4, -0.2) is 22.8 Å². The number of amides is 1. The zero-order valence-electron chi connectivity index (χ0n) is 9.98. The normalized spacial score (nSPS) is 10.2. The lowest BCUT2D eigenvalue weighted by atomic mass is 10.2. The van der Waals surface area contributed by atoms with Gasteiger partial charge in [0.25, 0.3) is 5.91 Å². The van der Waals surface area contributed by atoms with E-state index in [1.165, 1.54) is 19.2 Å². The molecule has 5 nitrogen and oxygen atoms in total. The number of ether oxygens (including phenoxy) is 1. The highest BCUT2D eigenvalue weighted by atomic mass is 19.1. The summed E-state index contributed by atoms with van der Waals surface area (Å²) in [4.78, 5) is 11.8. The van der Waals surface area contributed by atoms with E-state index in [1.54, 1.807) is 24.0 Å². The number of carbonyl (C=O) groups excluding carboxylic acids is 1. The van der Waals surface area contributed by atoms with Crippen LogP contribution >= 0.6 is 0 Å². The van der Waals surface area contributed by atoms with Gasteiger partial charge < -0.3 is 10.1 Å². The minimum atomic E-state index is -0.636. The number of carbonyl (C=O) groups is 1. The van der Waals surface area contributed by atoms with Crippen LogP contribution in [0.3, 0.4) is 0 Å². The molecule has 0 unspecified atom stereocenters. The smallest absolute Gasteiger partial charge is 0.259 e. The number of halogens is 1. The Morgan fingerprint density at radius 2 is 2.22 bits per heavy atom. The lowest BCUT2D eigenvalue weighted by Gasteiger charge is -2.05. The maximum Gasteiger partial charge on any atom is 0.259 e. The number of nitrogens with one attached hydrogen (secondary N) is 1. The molecule has 0 spiro atoms. The molecule has 0 fully saturated rings. The van der Waals surface area contributed by atoms with Crippen LogP contribution in [-0.2, 0) is 7.05 Å². The zero-order valence-corrected chi connectivity index (χ0v) is 9.98. The minimum Gasteiger partial charge on any atom is -0.497 e. The highest BCUT2D eigenvalue weighted by molar-refractivity contribution is 6.04. The zero-order chi connectivity index (χ0) is 13.1. The third-order valence-corrected chi connectivity index (χ3v) is 2.38. The van der Waals surface area contributed by atoms with Crippen molar-refractivity contribution >= 4 is 11.7 Å². The van der Waals surface area contributed by atoms with E-state index in [4.69, 9.17) is 4.74 Å². The second-order valence-electron chi connectivity index (χ2n) is 3.67. The number of hydrogen-bond acceptors (Lipinski definition) is 3. The van der Waals surface area contributed by atoms with Gasteiger partial charge in [0.2, 0.25) is 0 Å². The summed E-state index contributed by atoms with van der Waals surface area (Å²) in [5, 5.41) is 6.48. The maximum atomic E-state index is 13.6. The fourth-order valence-corrected chi connectivity index (χ4v) is 1.47. The van der Waals surface area contributed by atoms with Gasteiger partial charge in [0.05, 0.1) is 12.7 Å². The Bertz CT molecular complexity index is 580. The largest absolute Gasteiger partial charge is 0.497 e. The molecule has 18 heavy (non-hydrogen) atoms. The molecule has 0 bridgehead atoms. The minimum absolute atomic E-state index is 0.0542. The second-order valence-corrected chi connectivity index (χ2v) is 3.67. The molecule has 1 aromatic heterocycles. The quantitative estimate of drug-likeness (QED) is 0.902. The summed E-state index contributed by atoms with van der Waals surface area (Å²) in [7, 11) is 3.16. The van der Waals surface area contributed by atoms with Gasteiger partial charge in [0.1, 0.15) is 11.6 Å². The van der Waals surface area contributed by atoms with Crippen molar-refractivity contribution in [2.24, 2.45) is 7.05 Å². The molecule has 0 saturated heterocycles. The molecule has 2 aromatic rings. The number of rotatable bonds is 3. The van der Waals surface area contributed by atoms with Gasteiger partial charge in [0, 0.05) is 25.4 Å². The van der Waals surface area contributed by atoms with E-state index in [9.17, 15) is 9.18 Å². The Labute approximate surface area is 103 Å². The Hall–Kier alpha value is -2.37. The Morgan fingerprint density at radius 3 is 2.78 bits per heavy atom. The van der Waals surface area contributed by atoms with Gasteiger partial charge in [-0.3, -0.25) is 9.48 Å². The number of nitrogens with zero attached hydrogens (tertiary/aromatic N) is 2. The molecule has 0 aliphatic carbocycles. The Balaban J connectivity index is 2.18. The molecule has 1 heterocycles. The van der Waals surface area contributed by atoms with Gasteiger partial charge in [0.15, 0.2) is 5.82 Å². The summed E-state index contributed by atoms with van der Waals surface area (Å²) in [6.45, 7) is 0. The number of anilines is 1. The molecule has 1 aromatic carbocycles. The fraction of sp³-hybridized carbons (Fsp3) is 0.167. The van der Waals surface area contributed by atoms with Crippen LogP contribution in [0.1, 0.15) is 10.4 Å². The molecule has 94 valence electrons. The van der Waals surface area contributed by atoms with Gasteiger partial charge in [-0.15, -0.1) is 0 Å². The summed E-state index contributed by atoms with van der Waals surface area (Å²) in [6.07, 6.45) is 1.68. The van der Waals surface area contributed by atoms with Crippen LogP contribution in [0.25, 0.3) is 0 Å². The van der Waals surface area contributed by atoms with Crippen LogP contribution in [0.15, 0.2) is 30.5 Å². The molecule has 0 atom stereocenters. The van der Waals surface area contributed by atoms with Crippen molar-refractivity contribution < 1.29 is 13.9 Å². The summed E-state index contributed by atoms with van der Waals surface area (Å²) < 4.78 is 20.0. The average Bonchev–Trinajstić information content (AvgIpc) is 2.74. The van der Waals surface area contributed by atoms with Crippen LogP contribution in [0.4, 0.5) is 10.2 Å². The maximum absolute atomic E-state index is 13.6. The molecule has 0 saturated carbocycles. The first-order chi connectivity index (χ1) is 8.60. The van der Waals surface area contributed by atoms with Crippen molar-refractivity contribution in [3.05, 3.63) is 41.8 Å². The van der Waals surface area contributed by atoms with Gasteiger partial charge in [-0.25, -0.2) is 4.39 Å². The first kappa shape index (κ1) is 12.1. The monoisotopic (exact) mass is 249 g/mol. The predicted molar refractivity (Wildman–Crippen MR) is 64.1 cm³/mol. The predicted octanol–water partition coefficient (Wildman–Crippen LogP) is 1.82. The molecule has 0 aliphatic heterocycles. The standard InChI is InChI=1S/C12H12FN3O2/c1-16-6-5-11(15-16)14-12(17)9-4-3-8(18-2)7-10(9)13/h3-7H,1-2H3,(H,14,15,17). The SMILES string of the molecule is COc1ccc(C(=O)Nc2ccn(C)n2)c(F)c1. The first-order valence-electron chi connectivity index (χ1n) is 5.24. The van der Waals surface area contributed by atoms with Crippen LogP contribution in [0.5, 0.6) is 5.75 Å². The highest BCUT2D eigenvalue weighted by Gasteiger charge is 2.13. The fourth-order valence-electron chi connectivity index (χ4n) is 1.47. The molecular weight excluding hydrogens is 237 g/mol. The lowest BCUT2D eigenvalue weighted by molar-refractivity contribution is 0.102. The molecular formula is C12H12FN3O2. The van der Waals surface area contributed by atoms with E-state index in [0.717, 1.165) is 6.07 Å². The summed E-state index contributed by atoms with van der Waals surface area (Å²) in [6, 6.07) is 5.68. The van der Waals surface area contributed by atoms with Gasteiger partial charge in [-0.2, -0.15) is 5.10 Å². The molecule has 0 radical (unpaired) electrons. The van der Waals surface area contributed by atoms with Crippen molar-refractivity contribution in [1.29, 1.82) is 0 Å². The molecule has 0 aliphatic rings. The average molecular weight is 249 g/mol. The van der Waals surface area contributed by atoms with E-state index >= 15 is 0 Å². The summed E-state index contributed by atoms with van der Waals surface area (Å²) in [5.74, 6) is -0.448. The third kappa shape index (κ3) is 2.48. The van der Waals surface area contributed by atoms with E-state index in [1.807, 2.05) is 0 Å². The van der Waals surface area contributed by atoms with Crippen molar-refractivity contribution in [1.82, 2.24) is 9.78 Å². The highest BCUT2D eigenvalue weighted by Crippen LogP contribution is 2.17. The van der Waals surface area contributed by atoms with Gasteiger partial charge in [-0.05, 0) is 12.1 Å². The van der Waals surface area contributed by atoms with Crippen LogP contribution < -0.4 is 10.1 Å². The molecule has 1 amide bonds. The van der Waals surface area contributed by atoms with Crippen molar-refractivity contribution in [2.75, 3.05) is 12.4 Å². The van der Waals surface area contributed by atoms with Gasteiger partial charge in [-0.1, -0.05) is 0 Å². The lowest BCUT2D eigenvalue weighted by Crippen LogP contribution is -2.14. The van der Waals surface area contributed by atoms with E-state index < -0.39 is 11.7 Å². The summed E-state index contributed by atoms with van der Waals surface area (Å²) in [5.41, 5.74) is -0.0542. The van der Waals surface area contributed by atoms with Crippen LogP contribution in [0.2, 0.25) is 0 Å². The summed E-state index contributed by atoms with van der Waals surface area (Å²) >= 11 is 0. The Kier molecular flexibility index (Phi) is 3.27. The van der Waals surface area contributed by atoms with Crippen molar-refractivity contribution in [2.45, 2.75) is 0 Å². The van der Waals surface area contributed by atoms with Crippen LogP contribution in [0, 0.1) is 5.82 Å². The molecule has 1 N–H and O–H groups in total. The molecule has 6 heteroatoms. The number of aromatic nitrogens is 2. The topological polar surface area (TPSA) is 56.1 Å². The number of hydrogen-bond donors (Lipinski definition) is 1. The van der Waals surface area contributed by atoms with E-state index in [2.05, 4.69) is 10.4 Å². The van der Waals surface area contributed by atoms with Gasteiger partial charge >= 0.3 is 0 Å². The van der Waals surface area contributed by atoms with E-state index in [0.29, 0.717) is 11.6 Å². The number of methoxy groups -OCH3 is 1. The van der Waals surface area contributed by atoms with Crippen molar-refractivity contribution in [3.8, 4) is 5.75 Å². The number of benzene rings is 1. The second kappa shape index (κ2) is 4.87. The van der Waals surface area contributed by atoms with E-state index in [-0.39, 0.29) is 5.56 Å². The number of aryl methyl sites for hydroxylation is 1.